The van der Waals surface area contributed by atoms with Gasteiger partial charge in [0.15, 0.2) is 5.78 Å². The van der Waals surface area contributed by atoms with E-state index in [-0.39, 0.29) is 5.78 Å². The van der Waals surface area contributed by atoms with Gasteiger partial charge < -0.3 is 0 Å². The summed E-state index contributed by atoms with van der Waals surface area (Å²) < 4.78 is 0. The molecule has 0 bridgehead atoms. The van der Waals surface area contributed by atoms with Crippen molar-refractivity contribution < 1.29 is 4.79 Å². The van der Waals surface area contributed by atoms with Crippen LogP contribution in [0.3, 0.4) is 0 Å². The van der Waals surface area contributed by atoms with E-state index in [1.807, 2.05) is 25.1 Å². The number of hydrogen-bond donors (Lipinski definition) is 0. The number of azide groups is 1. The minimum Gasteiger partial charge on any atom is -0.293 e. The van der Waals surface area contributed by atoms with Gasteiger partial charge >= 0.3 is 0 Å². The highest BCUT2D eigenvalue weighted by atomic mass is 16.1. The van der Waals surface area contributed by atoms with E-state index in [0.717, 1.165) is 11.1 Å². The second-order valence-electron chi connectivity index (χ2n) is 4.52. The Bertz CT molecular complexity index is 543. The first-order chi connectivity index (χ1) is 8.09. The summed E-state index contributed by atoms with van der Waals surface area (Å²) in [5.41, 5.74) is 10.1. The summed E-state index contributed by atoms with van der Waals surface area (Å²) in [6.07, 6.45) is 0.878. The summed E-state index contributed by atoms with van der Waals surface area (Å²) in [7, 11) is 0. The Hall–Kier alpha value is -2.06. The maximum atomic E-state index is 12.3. The first kappa shape index (κ1) is 11.4. The highest BCUT2D eigenvalue weighted by Gasteiger charge is 2.44. The van der Waals surface area contributed by atoms with E-state index in [1.54, 1.807) is 6.07 Å². The van der Waals surface area contributed by atoms with E-state index in [4.69, 9.17) is 5.53 Å². The fourth-order valence-electron chi connectivity index (χ4n) is 2.39. The Morgan fingerprint density at radius 2 is 2.29 bits per heavy atom. The van der Waals surface area contributed by atoms with Gasteiger partial charge in [-0.25, -0.2) is 0 Å². The summed E-state index contributed by atoms with van der Waals surface area (Å²) in [6, 6.07) is 7.40. The topological polar surface area (TPSA) is 65.8 Å². The molecule has 1 aromatic rings. The van der Waals surface area contributed by atoms with Crippen LogP contribution in [0.5, 0.6) is 0 Å². The molecule has 0 spiro atoms. The van der Waals surface area contributed by atoms with Crippen molar-refractivity contribution >= 4 is 5.78 Å². The quantitative estimate of drug-likeness (QED) is 0.337. The molecule has 1 aliphatic rings. The maximum absolute atomic E-state index is 12.3. The molecule has 0 saturated heterocycles. The van der Waals surface area contributed by atoms with Crippen LogP contribution in [0.4, 0.5) is 0 Å². The first-order valence-corrected chi connectivity index (χ1v) is 5.42. The van der Waals surface area contributed by atoms with Crippen LogP contribution in [-0.4, -0.2) is 11.3 Å². The summed E-state index contributed by atoms with van der Waals surface area (Å²) in [5.74, 6) is -0.0890. The zero-order chi connectivity index (χ0) is 12.5. The third kappa shape index (κ3) is 1.83. The summed E-state index contributed by atoms with van der Waals surface area (Å²) in [4.78, 5) is 15.2. The lowest BCUT2D eigenvalue weighted by molar-refractivity contribution is 0.0907. The van der Waals surface area contributed by atoms with E-state index < -0.39 is 5.54 Å². The van der Waals surface area contributed by atoms with E-state index in [9.17, 15) is 4.79 Å². The van der Waals surface area contributed by atoms with Crippen LogP contribution in [0, 0.1) is 0 Å². The van der Waals surface area contributed by atoms with Gasteiger partial charge in [-0.1, -0.05) is 35.0 Å². The van der Waals surface area contributed by atoms with Crippen molar-refractivity contribution in [2.24, 2.45) is 5.11 Å². The Labute approximate surface area is 99.6 Å². The van der Waals surface area contributed by atoms with E-state index in [0.29, 0.717) is 18.4 Å². The number of rotatable bonds is 3. The third-order valence-electron chi connectivity index (χ3n) is 3.00. The number of carbonyl (C=O) groups excluding carboxylic acids is 1. The predicted molar refractivity (Wildman–Crippen MR) is 65.8 cm³/mol. The molecule has 4 nitrogen and oxygen atoms in total. The smallest absolute Gasteiger partial charge is 0.175 e. The van der Waals surface area contributed by atoms with Gasteiger partial charge in [0.2, 0.25) is 0 Å². The maximum Gasteiger partial charge on any atom is 0.175 e. The second kappa shape index (κ2) is 4.07. The van der Waals surface area contributed by atoms with Gasteiger partial charge in [0.05, 0.1) is 0 Å². The minimum atomic E-state index is -0.996. The van der Waals surface area contributed by atoms with Crippen LogP contribution in [0.1, 0.15) is 29.3 Å². The molecule has 2 rings (SSSR count). The van der Waals surface area contributed by atoms with E-state index >= 15 is 0 Å². The predicted octanol–water partition coefficient (Wildman–Crippen LogP) is 3.44. The molecular formula is C13H13N3O. The van der Waals surface area contributed by atoms with Crippen molar-refractivity contribution in [3.05, 3.63) is 58.0 Å². The van der Waals surface area contributed by atoms with Gasteiger partial charge in [0, 0.05) is 10.5 Å². The molecule has 0 amide bonds. The number of ketones is 1. The molecule has 17 heavy (non-hydrogen) atoms. The van der Waals surface area contributed by atoms with Crippen LogP contribution in [0.2, 0.25) is 0 Å². The molecule has 0 saturated carbocycles. The molecule has 0 heterocycles. The molecule has 1 atom stereocenters. The number of nitrogens with zero attached hydrogens (tertiary/aromatic N) is 3. The monoisotopic (exact) mass is 227 g/mol. The second-order valence-corrected chi connectivity index (χ2v) is 4.52. The van der Waals surface area contributed by atoms with Crippen molar-refractivity contribution in [2.45, 2.75) is 25.3 Å². The van der Waals surface area contributed by atoms with Crippen LogP contribution in [0.25, 0.3) is 10.4 Å². The van der Waals surface area contributed by atoms with Crippen molar-refractivity contribution in [3.63, 3.8) is 0 Å². The van der Waals surface area contributed by atoms with Crippen LogP contribution >= 0.6 is 0 Å². The van der Waals surface area contributed by atoms with Gasteiger partial charge in [-0.2, -0.15) is 0 Å². The van der Waals surface area contributed by atoms with Crippen molar-refractivity contribution in [3.8, 4) is 0 Å². The summed E-state index contributed by atoms with van der Waals surface area (Å²) in [5, 5.41) is 3.76. The third-order valence-corrected chi connectivity index (χ3v) is 3.00. The Balaban J connectivity index is 2.50. The lowest BCUT2D eigenvalue weighted by Gasteiger charge is -2.20. The van der Waals surface area contributed by atoms with Crippen molar-refractivity contribution in [1.82, 2.24) is 0 Å². The minimum absolute atomic E-state index is 0.0890. The van der Waals surface area contributed by atoms with Gasteiger partial charge in [0.25, 0.3) is 0 Å². The molecule has 1 aromatic carbocycles. The molecule has 0 radical (unpaired) electrons. The fraction of sp³-hybridized carbons (Fsp3) is 0.308. The van der Waals surface area contributed by atoms with Crippen LogP contribution in [0.15, 0.2) is 41.5 Å². The largest absolute Gasteiger partial charge is 0.293 e. The number of Topliss-reactive ketones (excluding diaryl/α,β-unsaturated/α-hetero) is 1. The Morgan fingerprint density at radius 1 is 1.59 bits per heavy atom. The van der Waals surface area contributed by atoms with Gasteiger partial charge in [-0.15, -0.1) is 6.58 Å². The fourth-order valence-corrected chi connectivity index (χ4v) is 2.39. The van der Waals surface area contributed by atoms with E-state index in [1.165, 1.54) is 0 Å². The lowest BCUT2D eigenvalue weighted by Crippen LogP contribution is -2.33. The Kier molecular flexibility index (Phi) is 2.74. The highest BCUT2D eigenvalue weighted by Crippen LogP contribution is 2.37. The van der Waals surface area contributed by atoms with E-state index in [2.05, 4.69) is 16.6 Å². The molecule has 0 N–H and O–H groups in total. The molecule has 0 aliphatic heterocycles. The number of benzene rings is 1. The normalized spacial score (nSPS) is 21.8. The van der Waals surface area contributed by atoms with Crippen LogP contribution < -0.4 is 0 Å². The van der Waals surface area contributed by atoms with Crippen molar-refractivity contribution in [1.29, 1.82) is 0 Å². The highest BCUT2D eigenvalue weighted by molar-refractivity contribution is 6.08. The SMILES string of the molecule is C=C(C)C[C@@]1(N=[N+]=[N-])Cc2ccccc2C1=O. The molecule has 86 valence electrons. The molecular weight excluding hydrogens is 214 g/mol. The lowest BCUT2D eigenvalue weighted by atomic mass is 9.88. The Morgan fingerprint density at radius 3 is 2.88 bits per heavy atom. The zero-order valence-electron chi connectivity index (χ0n) is 9.68. The summed E-state index contributed by atoms with van der Waals surface area (Å²) in [6.45, 7) is 5.65. The molecule has 1 aliphatic carbocycles. The summed E-state index contributed by atoms with van der Waals surface area (Å²) >= 11 is 0. The molecule has 4 heteroatoms. The first-order valence-electron chi connectivity index (χ1n) is 5.42. The number of hydrogen-bond acceptors (Lipinski definition) is 2. The zero-order valence-corrected chi connectivity index (χ0v) is 9.68. The van der Waals surface area contributed by atoms with Crippen molar-refractivity contribution in [2.75, 3.05) is 0 Å². The van der Waals surface area contributed by atoms with Gasteiger partial charge in [-0.05, 0) is 30.9 Å². The number of carbonyl (C=O) groups is 1. The van der Waals surface area contributed by atoms with Crippen LogP contribution in [-0.2, 0) is 6.42 Å². The average Bonchev–Trinajstić information content (AvgIpc) is 2.53. The average molecular weight is 227 g/mol. The molecule has 0 fully saturated rings. The van der Waals surface area contributed by atoms with Gasteiger partial charge in [0.1, 0.15) is 5.54 Å². The molecule has 0 unspecified atom stereocenters. The molecule has 0 aromatic heterocycles. The number of fused-ring (bicyclic) bond motifs is 1. The standard InChI is InChI=1S/C13H13N3O/c1-9(2)7-13(15-16-14)8-10-5-3-4-6-11(10)12(13)17/h3-6H,1,7-8H2,2H3/t13-/m1/s1. The van der Waals surface area contributed by atoms with Gasteiger partial charge in [-0.3, -0.25) is 4.79 Å².